The third kappa shape index (κ3) is 2.20. The molecular weight excluding hydrogens is 215 g/mol. The van der Waals surface area contributed by atoms with E-state index in [9.17, 15) is 4.57 Å². The zero-order valence-corrected chi connectivity index (χ0v) is 10.0. The third-order valence-corrected chi connectivity index (χ3v) is 3.41. The molecule has 0 amide bonds. The zero-order valence-electron chi connectivity index (χ0n) is 9.13. The van der Waals surface area contributed by atoms with Gasteiger partial charge in [-0.1, -0.05) is 55.5 Å². The second-order valence-electron chi connectivity index (χ2n) is 3.78. The van der Waals surface area contributed by atoms with Crippen LogP contribution >= 0.6 is 8.46 Å². The van der Waals surface area contributed by atoms with E-state index in [-0.39, 0.29) is 14.4 Å². The van der Waals surface area contributed by atoms with E-state index >= 15 is 0 Å². The molecule has 2 rings (SSSR count). The van der Waals surface area contributed by atoms with E-state index in [1.54, 1.807) is 0 Å². The van der Waals surface area contributed by atoms with Crippen molar-refractivity contribution >= 4 is 13.8 Å². The summed E-state index contributed by atoms with van der Waals surface area (Å²) in [6.07, 6.45) is 0. The van der Waals surface area contributed by atoms with Gasteiger partial charge in [0.2, 0.25) is 0 Å². The molecule has 0 bridgehead atoms. The van der Waals surface area contributed by atoms with Crippen molar-refractivity contribution in [2.24, 2.45) is 0 Å². The van der Waals surface area contributed by atoms with Gasteiger partial charge < -0.3 is 0 Å². The first kappa shape index (κ1) is 11.0. The van der Waals surface area contributed by atoms with Crippen molar-refractivity contribution in [1.29, 1.82) is 0 Å². The molecule has 2 heteroatoms. The molecule has 0 spiro atoms. The molecule has 16 heavy (non-hydrogen) atoms. The van der Waals surface area contributed by atoms with Crippen LogP contribution in [0.2, 0.25) is 0 Å². The summed E-state index contributed by atoms with van der Waals surface area (Å²) < 4.78 is 11.1. The van der Waals surface area contributed by atoms with Crippen molar-refractivity contribution in [3.8, 4) is 0 Å². The van der Waals surface area contributed by atoms with Crippen LogP contribution in [-0.2, 0) is 4.57 Å². The van der Waals surface area contributed by atoms with Gasteiger partial charge in [-0.25, -0.2) is 0 Å². The minimum Gasteiger partial charge on any atom is -0.269 e. The molecule has 2 aromatic carbocycles. The Hall–Kier alpha value is -1.46. The van der Waals surface area contributed by atoms with Crippen molar-refractivity contribution in [2.75, 3.05) is 0 Å². The second kappa shape index (κ2) is 5.05. The standard InChI is InChI=1S/C14H13OP/c1-11(12-7-3-2-4-8-12)13-9-5-6-10-14(13)16-15/h2-11H,1H3. The highest BCUT2D eigenvalue weighted by molar-refractivity contribution is 7.34. The van der Waals surface area contributed by atoms with E-state index in [2.05, 4.69) is 19.1 Å². The van der Waals surface area contributed by atoms with E-state index < -0.39 is 0 Å². The predicted molar refractivity (Wildman–Crippen MR) is 67.6 cm³/mol. The maximum Gasteiger partial charge on any atom is 0.192 e. The topological polar surface area (TPSA) is 17.1 Å². The van der Waals surface area contributed by atoms with Crippen LogP contribution in [0.5, 0.6) is 0 Å². The minimum absolute atomic E-state index is 0.0925. The summed E-state index contributed by atoms with van der Waals surface area (Å²) in [5.41, 5.74) is 2.38. The fourth-order valence-corrected chi connectivity index (χ4v) is 2.38. The smallest absolute Gasteiger partial charge is 0.192 e. The van der Waals surface area contributed by atoms with Crippen LogP contribution in [0.25, 0.3) is 0 Å². The van der Waals surface area contributed by atoms with Crippen LogP contribution < -0.4 is 5.30 Å². The largest absolute Gasteiger partial charge is 0.269 e. The van der Waals surface area contributed by atoms with Gasteiger partial charge in [-0.2, -0.15) is 0 Å². The van der Waals surface area contributed by atoms with Crippen LogP contribution in [0.15, 0.2) is 54.6 Å². The van der Waals surface area contributed by atoms with Gasteiger partial charge in [0.1, 0.15) is 0 Å². The normalized spacial score (nSPS) is 12.6. The Bertz CT molecular complexity index is 479. The Balaban J connectivity index is 2.41. The Morgan fingerprint density at radius 1 is 0.938 bits per heavy atom. The van der Waals surface area contributed by atoms with E-state index in [1.165, 1.54) is 5.56 Å². The van der Waals surface area contributed by atoms with Gasteiger partial charge in [0.05, 0.1) is 0 Å². The van der Waals surface area contributed by atoms with Crippen molar-refractivity contribution in [3.05, 3.63) is 65.7 Å². The first-order valence-electron chi connectivity index (χ1n) is 5.30. The van der Waals surface area contributed by atoms with E-state index in [4.69, 9.17) is 0 Å². The minimum atomic E-state index is 0.0925. The average molecular weight is 228 g/mol. The molecule has 0 aliphatic rings. The number of benzene rings is 2. The summed E-state index contributed by atoms with van der Waals surface area (Å²) in [6.45, 7) is 2.14. The van der Waals surface area contributed by atoms with E-state index in [1.807, 2.05) is 42.5 Å². The fourth-order valence-electron chi connectivity index (χ4n) is 1.86. The summed E-state index contributed by atoms with van der Waals surface area (Å²) in [4.78, 5) is 0. The first-order chi connectivity index (χ1) is 7.83. The van der Waals surface area contributed by atoms with Gasteiger partial charge in [-0.15, -0.1) is 0 Å². The molecule has 0 aliphatic heterocycles. The van der Waals surface area contributed by atoms with Gasteiger partial charge in [-0.05, 0) is 17.2 Å². The Morgan fingerprint density at radius 2 is 1.56 bits per heavy atom. The molecule has 1 atom stereocenters. The molecule has 0 saturated heterocycles. The maximum absolute atomic E-state index is 11.1. The summed E-state index contributed by atoms with van der Waals surface area (Å²) in [7, 11) is 0.0925. The predicted octanol–water partition coefficient (Wildman–Crippen LogP) is 3.76. The lowest BCUT2D eigenvalue weighted by Gasteiger charge is -2.13. The van der Waals surface area contributed by atoms with Crippen molar-refractivity contribution in [2.45, 2.75) is 12.8 Å². The number of hydrogen-bond acceptors (Lipinski definition) is 1. The molecule has 2 aromatic rings. The molecule has 0 heterocycles. The van der Waals surface area contributed by atoms with Crippen molar-refractivity contribution < 1.29 is 4.57 Å². The highest BCUT2D eigenvalue weighted by Gasteiger charge is 2.11. The molecule has 0 aromatic heterocycles. The molecule has 0 aliphatic carbocycles. The van der Waals surface area contributed by atoms with Crippen LogP contribution in [-0.4, -0.2) is 0 Å². The van der Waals surface area contributed by atoms with Crippen molar-refractivity contribution in [3.63, 3.8) is 0 Å². The van der Waals surface area contributed by atoms with E-state index in [0.717, 1.165) is 10.9 Å². The highest BCUT2D eigenvalue weighted by Crippen LogP contribution is 2.23. The van der Waals surface area contributed by atoms with Gasteiger partial charge in [0.15, 0.2) is 8.46 Å². The Labute approximate surface area is 97.3 Å². The maximum atomic E-state index is 11.1. The molecule has 1 unspecified atom stereocenters. The lowest BCUT2D eigenvalue weighted by molar-refractivity contribution is 0.603. The first-order valence-corrected chi connectivity index (χ1v) is 6.11. The Morgan fingerprint density at radius 3 is 2.25 bits per heavy atom. The van der Waals surface area contributed by atoms with Crippen LogP contribution in [0, 0.1) is 0 Å². The molecule has 0 radical (unpaired) electrons. The summed E-state index contributed by atoms with van der Waals surface area (Å²) >= 11 is 0. The quantitative estimate of drug-likeness (QED) is 0.731. The third-order valence-electron chi connectivity index (χ3n) is 2.80. The number of rotatable bonds is 3. The lowest BCUT2D eigenvalue weighted by Crippen LogP contribution is -2.06. The molecule has 80 valence electrons. The van der Waals surface area contributed by atoms with E-state index in [0.29, 0.717) is 0 Å². The second-order valence-corrected chi connectivity index (χ2v) is 4.45. The highest BCUT2D eigenvalue weighted by atomic mass is 31.1. The summed E-state index contributed by atoms with van der Waals surface area (Å²) in [6, 6.07) is 18.1. The van der Waals surface area contributed by atoms with Gasteiger partial charge in [0.25, 0.3) is 0 Å². The molecular formula is C14H13OP. The zero-order chi connectivity index (χ0) is 11.4. The van der Waals surface area contributed by atoms with Gasteiger partial charge in [-0.3, -0.25) is 4.57 Å². The van der Waals surface area contributed by atoms with Crippen molar-refractivity contribution in [1.82, 2.24) is 0 Å². The molecule has 1 nitrogen and oxygen atoms in total. The lowest BCUT2D eigenvalue weighted by atomic mass is 9.93. The summed E-state index contributed by atoms with van der Waals surface area (Å²) in [5.74, 6) is 0.277. The van der Waals surface area contributed by atoms with Crippen LogP contribution in [0.4, 0.5) is 0 Å². The monoisotopic (exact) mass is 228 g/mol. The average Bonchev–Trinajstić information content (AvgIpc) is 2.39. The van der Waals surface area contributed by atoms with Gasteiger partial charge in [0, 0.05) is 11.2 Å². The number of hydrogen-bond donors (Lipinski definition) is 0. The van der Waals surface area contributed by atoms with Gasteiger partial charge >= 0.3 is 0 Å². The Kier molecular flexibility index (Phi) is 3.48. The SMILES string of the molecule is CC(c1ccccc1)c1ccccc1P=O. The molecule has 0 N–H and O–H groups in total. The fraction of sp³-hybridized carbons (Fsp3) is 0.143. The van der Waals surface area contributed by atoms with Crippen LogP contribution in [0.1, 0.15) is 24.0 Å². The molecule has 0 fully saturated rings. The summed E-state index contributed by atoms with van der Waals surface area (Å²) in [5, 5.41) is 0.874. The van der Waals surface area contributed by atoms with Crippen LogP contribution in [0.3, 0.4) is 0 Å². The molecule has 0 saturated carbocycles.